The van der Waals surface area contributed by atoms with Gasteiger partial charge in [-0.1, -0.05) is 18.2 Å². The maximum Gasteiger partial charge on any atom is 0.261 e. The number of amides is 1. The van der Waals surface area contributed by atoms with Crippen molar-refractivity contribution in [1.29, 1.82) is 0 Å². The molecule has 0 unspecified atom stereocenters. The maximum absolute atomic E-state index is 13.2. The van der Waals surface area contributed by atoms with Crippen LogP contribution in [-0.2, 0) is 10.0 Å². The highest BCUT2D eigenvalue weighted by molar-refractivity contribution is 7.92. The molecule has 0 aromatic heterocycles. The van der Waals surface area contributed by atoms with Gasteiger partial charge in [0.05, 0.1) is 10.6 Å². The molecule has 5 nitrogen and oxygen atoms in total. The number of rotatable bonds is 5. The van der Waals surface area contributed by atoms with Crippen molar-refractivity contribution in [2.75, 3.05) is 10.0 Å². The molecule has 0 bridgehead atoms. The number of benzene rings is 3. The second-order valence-corrected chi connectivity index (χ2v) is 8.02. The van der Waals surface area contributed by atoms with Gasteiger partial charge in [0.15, 0.2) is 0 Å². The highest BCUT2D eigenvalue weighted by Gasteiger charge is 2.16. The summed E-state index contributed by atoms with van der Waals surface area (Å²) in [6.45, 7) is 3.87. The van der Waals surface area contributed by atoms with E-state index in [0.29, 0.717) is 11.3 Å². The summed E-state index contributed by atoms with van der Waals surface area (Å²) >= 11 is 0. The highest BCUT2D eigenvalue weighted by Crippen LogP contribution is 2.20. The Kier molecular flexibility index (Phi) is 5.46. The molecule has 0 radical (unpaired) electrons. The van der Waals surface area contributed by atoms with E-state index < -0.39 is 15.8 Å². The third-order valence-electron chi connectivity index (χ3n) is 4.36. The maximum atomic E-state index is 13.2. The van der Waals surface area contributed by atoms with Gasteiger partial charge in [-0.15, -0.1) is 0 Å². The molecule has 7 heteroatoms. The Hall–Kier alpha value is -3.19. The van der Waals surface area contributed by atoms with Crippen LogP contribution in [-0.4, -0.2) is 14.3 Å². The van der Waals surface area contributed by atoms with Crippen molar-refractivity contribution in [2.45, 2.75) is 18.7 Å². The second kappa shape index (κ2) is 7.82. The van der Waals surface area contributed by atoms with Crippen LogP contribution < -0.4 is 10.0 Å². The van der Waals surface area contributed by atoms with E-state index in [1.165, 1.54) is 42.5 Å². The Labute approximate surface area is 163 Å². The average molecular weight is 398 g/mol. The van der Waals surface area contributed by atoms with Crippen LogP contribution in [0.4, 0.5) is 15.8 Å². The normalized spacial score (nSPS) is 11.1. The van der Waals surface area contributed by atoms with E-state index in [-0.39, 0.29) is 16.5 Å². The van der Waals surface area contributed by atoms with E-state index in [1.54, 1.807) is 0 Å². The Morgan fingerprint density at radius 3 is 2.29 bits per heavy atom. The van der Waals surface area contributed by atoms with Gasteiger partial charge in [-0.3, -0.25) is 9.52 Å². The second-order valence-electron chi connectivity index (χ2n) is 6.34. The molecule has 144 valence electrons. The minimum atomic E-state index is -3.89. The summed E-state index contributed by atoms with van der Waals surface area (Å²) in [5.74, 6) is -0.880. The van der Waals surface area contributed by atoms with Crippen molar-refractivity contribution in [1.82, 2.24) is 0 Å². The first-order chi connectivity index (χ1) is 13.3. The van der Waals surface area contributed by atoms with E-state index >= 15 is 0 Å². The van der Waals surface area contributed by atoms with Crippen molar-refractivity contribution in [2.24, 2.45) is 0 Å². The lowest BCUT2D eigenvalue weighted by Crippen LogP contribution is -2.15. The third kappa shape index (κ3) is 4.37. The molecular weight excluding hydrogens is 379 g/mol. The number of anilines is 2. The van der Waals surface area contributed by atoms with Gasteiger partial charge in [0.2, 0.25) is 0 Å². The molecule has 0 aliphatic heterocycles. The summed E-state index contributed by atoms with van der Waals surface area (Å²) < 4.78 is 40.4. The molecule has 3 rings (SSSR count). The van der Waals surface area contributed by atoms with Crippen LogP contribution in [0.15, 0.2) is 71.6 Å². The zero-order chi connectivity index (χ0) is 20.3. The number of aryl methyl sites for hydroxylation is 1. The molecule has 0 atom stereocenters. The molecule has 0 heterocycles. The fraction of sp³-hybridized carbons (Fsp3) is 0.0952. The monoisotopic (exact) mass is 398 g/mol. The molecule has 0 saturated carbocycles. The molecule has 0 fully saturated rings. The Balaban J connectivity index is 1.77. The molecule has 0 saturated heterocycles. The lowest BCUT2D eigenvalue weighted by molar-refractivity contribution is 0.102. The number of hydrogen-bond donors (Lipinski definition) is 2. The number of hydrogen-bond acceptors (Lipinski definition) is 3. The summed E-state index contributed by atoms with van der Waals surface area (Å²) in [5.41, 5.74) is 3.17. The molecule has 3 aromatic carbocycles. The van der Waals surface area contributed by atoms with E-state index in [2.05, 4.69) is 10.0 Å². The van der Waals surface area contributed by atoms with Crippen LogP contribution >= 0.6 is 0 Å². The molecule has 28 heavy (non-hydrogen) atoms. The summed E-state index contributed by atoms with van der Waals surface area (Å²) in [6, 6.07) is 16.3. The van der Waals surface area contributed by atoms with Crippen molar-refractivity contribution >= 4 is 27.3 Å². The van der Waals surface area contributed by atoms with Gasteiger partial charge in [0.1, 0.15) is 5.82 Å². The molecular formula is C21H19FN2O3S. The van der Waals surface area contributed by atoms with Gasteiger partial charge < -0.3 is 5.32 Å². The zero-order valence-corrected chi connectivity index (χ0v) is 16.2. The standard InChI is InChI=1S/C21H19FN2O3S/c1-14-5-3-8-20(15(14)2)23-21(25)16-9-11-19(12-10-16)28(26,27)24-18-7-4-6-17(22)13-18/h3-13,24H,1-2H3,(H,23,25). The smallest absolute Gasteiger partial charge is 0.261 e. The van der Waals surface area contributed by atoms with E-state index in [9.17, 15) is 17.6 Å². The predicted molar refractivity (Wildman–Crippen MR) is 108 cm³/mol. The summed E-state index contributed by atoms with van der Waals surface area (Å²) in [6.07, 6.45) is 0. The zero-order valence-electron chi connectivity index (χ0n) is 15.4. The predicted octanol–water partition coefficient (Wildman–Crippen LogP) is 4.50. The van der Waals surface area contributed by atoms with Gasteiger partial charge in [-0.2, -0.15) is 0 Å². The number of nitrogens with one attached hydrogen (secondary N) is 2. The van der Waals surface area contributed by atoms with Crippen LogP contribution in [0.2, 0.25) is 0 Å². The summed E-state index contributed by atoms with van der Waals surface area (Å²) in [5, 5.41) is 2.83. The average Bonchev–Trinajstić information content (AvgIpc) is 2.65. The van der Waals surface area contributed by atoms with E-state index in [4.69, 9.17) is 0 Å². The molecule has 2 N–H and O–H groups in total. The molecule has 0 aliphatic carbocycles. The van der Waals surface area contributed by atoms with Crippen molar-refractivity contribution in [3.8, 4) is 0 Å². The van der Waals surface area contributed by atoms with Gasteiger partial charge in [-0.05, 0) is 73.5 Å². The lowest BCUT2D eigenvalue weighted by Gasteiger charge is -2.11. The van der Waals surface area contributed by atoms with E-state index in [0.717, 1.165) is 17.2 Å². The van der Waals surface area contributed by atoms with Crippen molar-refractivity contribution in [3.63, 3.8) is 0 Å². The minimum absolute atomic E-state index is 0.0277. The number of halogens is 1. The van der Waals surface area contributed by atoms with Crippen LogP contribution in [0, 0.1) is 19.7 Å². The van der Waals surface area contributed by atoms with Crippen LogP contribution in [0.3, 0.4) is 0 Å². The lowest BCUT2D eigenvalue weighted by atomic mass is 10.1. The Morgan fingerprint density at radius 1 is 0.929 bits per heavy atom. The van der Waals surface area contributed by atoms with Gasteiger partial charge >= 0.3 is 0 Å². The van der Waals surface area contributed by atoms with Crippen LogP contribution in [0.5, 0.6) is 0 Å². The summed E-state index contributed by atoms with van der Waals surface area (Å²) in [7, 11) is -3.89. The first-order valence-corrected chi connectivity index (χ1v) is 10.0. The van der Waals surface area contributed by atoms with Gasteiger partial charge in [-0.25, -0.2) is 12.8 Å². The molecule has 3 aromatic rings. The number of sulfonamides is 1. The first-order valence-electron chi connectivity index (χ1n) is 8.52. The number of carbonyl (C=O) groups is 1. The quantitative estimate of drug-likeness (QED) is 0.665. The van der Waals surface area contributed by atoms with Gasteiger partial charge in [0, 0.05) is 11.3 Å². The first kappa shape index (κ1) is 19.6. The van der Waals surface area contributed by atoms with E-state index in [1.807, 2.05) is 32.0 Å². The third-order valence-corrected chi connectivity index (χ3v) is 5.75. The largest absolute Gasteiger partial charge is 0.322 e. The highest BCUT2D eigenvalue weighted by atomic mass is 32.2. The van der Waals surface area contributed by atoms with Crippen LogP contribution in [0.25, 0.3) is 0 Å². The topological polar surface area (TPSA) is 75.3 Å². The SMILES string of the molecule is Cc1cccc(NC(=O)c2ccc(S(=O)(=O)Nc3cccc(F)c3)cc2)c1C. The molecule has 0 spiro atoms. The summed E-state index contributed by atoms with van der Waals surface area (Å²) in [4.78, 5) is 12.4. The van der Waals surface area contributed by atoms with Crippen molar-refractivity contribution in [3.05, 3.63) is 89.2 Å². The van der Waals surface area contributed by atoms with Gasteiger partial charge in [0.25, 0.3) is 15.9 Å². The fourth-order valence-corrected chi connectivity index (χ4v) is 3.68. The minimum Gasteiger partial charge on any atom is -0.322 e. The Morgan fingerprint density at radius 2 is 1.61 bits per heavy atom. The molecule has 1 amide bonds. The Bertz CT molecular complexity index is 1130. The number of carbonyl (C=O) groups excluding carboxylic acids is 1. The fourth-order valence-electron chi connectivity index (χ4n) is 2.63. The van der Waals surface area contributed by atoms with Crippen LogP contribution in [0.1, 0.15) is 21.5 Å². The van der Waals surface area contributed by atoms with Crippen molar-refractivity contribution < 1.29 is 17.6 Å². The molecule has 0 aliphatic rings.